The Hall–Kier alpha value is -3.15. The molecule has 33 heavy (non-hydrogen) atoms. The van der Waals surface area contributed by atoms with Crippen molar-refractivity contribution in [1.29, 1.82) is 0 Å². The number of alkyl halides is 7. The lowest BCUT2D eigenvalue weighted by atomic mass is 10.1. The minimum Gasteiger partial charge on any atom is -0.321 e. The normalized spacial score (nSPS) is 12.9. The van der Waals surface area contributed by atoms with E-state index in [1.54, 1.807) is 24.3 Å². The predicted molar refractivity (Wildman–Crippen MR) is 107 cm³/mol. The second kappa shape index (κ2) is 9.77. The number of hydrogen-bond donors (Lipinski definition) is 2. The van der Waals surface area contributed by atoms with Gasteiger partial charge in [0, 0.05) is 10.7 Å². The van der Waals surface area contributed by atoms with Gasteiger partial charge in [0.05, 0.1) is 12.1 Å². The third kappa shape index (κ3) is 6.21. The average Bonchev–Trinajstić information content (AvgIpc) is 2.73. The molecular formula is C20H15ClF7N3O2. The number of rotatable bonds is 7. The summed E-state index contributed by atoms with van der Waals surface area (Å²) >= 11 is 5.76. The highest BCUT2D eigenvalue weighted by atomic mass is 35.5. The third-order valence-electron chi connectivity index (χ3n) is 4.22. The van der Waals surface area contributed by atoms with Crippen LogP contribution in [-0.2, 0) is 16.0 Å². The zero-order valence-electron chi connectivity index (χ0n) is 16.6. The van der Waals surface area contributed by atoms with Crippen molar-refractivity contribution < 1.29 is 40.3 Å². The molecule has 0 unspecified atom stereocenters. The number of halogens is 8. The first kappa shape index (κ1) is 26.1. The van der Waals surface area contributed by atoms with Crippen LogP contribution < -0.4 is 10.7 Å². The molecule has 0 fully saturated rings. The highest BCUT2D eigenvalue weighted by Crippen LogP contribution is 2.46. The zero-order valence-corrected chi connectivity index (χ0v) is 17.4. The van der Waals surface area contributed by atoms with Crippen molar-refractivity contribution in [2.75, 3.05) is 5.32 Å². The van der Waals surface area contributed by atoms with E-state index in [1.165, 1.54) is 24.4 Å². The fraction of sp³-hybridized carbons (Fsp3) is 0.250. The lowest BCUT2D eigenvalue weighted by Gasteiger charge is -2.27. The molecule has 2 rings (SSSR count). The summed E-state index contributed by atoms with van der Waals surface area (Å²) < 4.78 is 89.2. The first-order chi connectivity index (χ1) is 15.1. The van der Waals surface area contributed by atoms with Gasteiger partial charge in [-0.2, -0.15) is 35.8 Å². The fourth-order valence-electron chi connectivity index (χ4n) is 2.36. The fourth-order valence-corrected chi connectivity index (χ4v) is 2.49. The highest BCUT2D eigenvalue weighted by molar-refractivity contribution is 6.30. The predicted octanol–water partition coefficient (Wildman–Crippen LogP) is 5.19. The standard InChI is InChI=1S/C20H15ClF7N3O2/c1-11(30-31-16(32)10-12-2-6-14(21)7-3-12)13-4-8-15(9-5-13)29-17(33)18(22,23)19(24,25)20(26,27)28/h2-9H,10H2,1H3,(H,29,33)(H,31,32)/b30-11+. The number of anilines is 1. The van der Waals surface area contributed by atoms with E-state index in [0.29, 0.717) is 16.1 Å². The molecule has 0 radical (unpaired) electrons. The van der Waals surface area contributed by atoms with Gasteiger partial charge in [-0.3, -0.25) is 9.59 Å². The molecule has 13 heteroatoms. The minimum absolute atomic E-state index is 0.00961. The van der Waals surface area contributed by atoms with Crippen LogP contribution in [0.1, 0.15) is 18.1 Å². The van der Waals surface area contributed by atoms with E-state index in [-0.39, 0.29) is 12.1 Å². The van der Waals surface area contributed by atoms with E-state index in [1.807, 2.05) is 0 Å². The van der Waals surface area contributed by atoms with E-state index in [2.05, 4.69) is 10.5 Å². The molecule has 0 saturated heterocycles. The molecule has 2 amide bonds. The van der Waals surface area contributed by atoms with Gasteiger partial charge < -0.3 is 5.32 Å². The van der Waals surface area contributed by atoms with Crippen LogP contribution in [0.15, 0.2) is 53.6 Å². The number of carbonyl (C=O) groups is 2. The van der Waals surface area contributed by atoms with Crippen molar-refractivity contribution in [3.63, 3.8) is 0 Å². The number of nitrogens with one attached hydrogen (secondary N) is 2. The summed E-state index contributed by atoms with van der Waals surface area (Å²) in [4.78, 5) is 23.3. The number of hydrogen-bond acceptors (Lipinski definition) is 3. The number of carbonyl (C=O) groups excluding carboxylic acids is 2. The van der Waals surface area contributed by atoms with Crippen molar-refractivity contribution >= 4 is 34.8 Å². The van der Waals surface area contributed by atoms with Crippen LogP contribution in [-0.4, -0.2) is 35.5 Å². The Balaban J connectivity index is 2.01. The summed E-state index contributed by atoms with van der Waals surface area (Å²) in [6.45, 7) is 1.48. The van der Waals surface area contributed by atoms with Crippen LogP contribution in [0.2, 0.25) is 5.02 Å². The zero-order chi connectivity index (χ0) is 25.0. The molecule has 0 spiro atoms. The van der Waals surface area contributed by atoms with E-state index in [4.69, 9.17) is 11.6 Å². The minimum atomic E-state index is -6.62. The van der Waals surface area contributed by atoms with Gasteiger partial charge in [-0.05, 0) is 42.3 Å². The van der Waals surface area contributed by atoms with Crippen LogP contribution in [0, 0.1) is 0 Å². The highest BCUT2D eigenvalue weighted by Gasteiger charge is 2.76. The van der Waals surface area contributed by atoms with Crippen molar-refractivity contribution in [3.05, 3.63) is 64.7 Å². The van der Waals surface area contributed by atoms with Crippen LogP contribution in [0.4, 0.5) is 36.4 Å². The largest absolute Gasteiger partial charge is 0.460 e. The maximum atomic E-state index is 13.4. The molecular weight excluding hydrogens is 483 g/mol. The monoisotopic (exact) mass is 497 g/mol. The first-order valence-corrected chi connectivity index (χ1v) is 9.35. The molecule has 5 nitrogen and oxygen atoms in total. The van der Waals surface area contributed by atoms with Gasteiger partial charge in [-0.1, -0.05) is 35.9 Å². The summed E-state index contributed by atoms with van der Waals surface area (Å²) in [7, 11) is 0. The summed E-state index contributed by atoms with van der Waals surface area (Å²) in [5.41, 5.74) is 3.12. The van der Waals surface area contributed by atoms with Gasteiger partial charge in [0.2, 0.25) is 5.91 Å². The molecule has 2 aromatic carbocycles. The maximum absolute atomic E-state index is 13.4. The van der Waals surface area contributed by atoms with E-state index in [0.717, 1.165) is 12.1 Å². The van der Waals surface area contributed by atoms with E-state index < -0.39 is 35.5 Å². The second-order valence-electron chi connectivity index (χ2n) is 6.71. The van der Waals surface area contributed by atoms with Gasteiger partial charge in [-0.25, -0.2) is 5.43 Å². The Morgan fingerprint density at radius 3 is 1.97 bits per heavy atom. The topological polar surface area (TPSA) is 70.6 Å². The maximum Gasteiger partial charge on any atom is 0.460 e. The average molecular weight is 498 g/mol. The summed E-state index contributed by atoms with van der Waals surface area (Å²) in [6.07, 6.45) is -6.61. The summed E-state index contributed by atoms with van der Waals surface area (Å²) in [6, 6.07) is 10.9. The van der Waals surface area contributed by atoms with Crippen LogP contribution >= 0.6 is 11.6 Å². The van der Waals surface area contributed by atoms with Crippen LogP contribution in [0.25, 0.3) is 0 Å². The molecule has 178 valence electrons. The Morgan fingerprint density at radius 1 is 0.909 bits per heavy atom. The second-order valence-corrected chi connectivity index (χ2v) is 7.15. The van der Waals surface area contributed by atoms with Crippen LogP contribution in [0.5, 0.6) is 0 Å². The Kier molecular flexibility index (Phi) is 7.73. The first-order valence-electron chi connectivity index (χ1n) is 8.97. The summed E-state index contributed by atoms with van der Waals surface area (Å²) in [5.74, 6) is -15.9. The third-order valence-corrected chi connectivity index (χ3v) is 4.47. The molecule has 0 aromatic heterocycles. The molecule has 0 atom stereocenters. The molecule has 0 aliphatic rings. The summed E-state index contributed by atoms with van der Waals surface area (Å²) in [5, 5.41) is 5.68. The number of hydrazone groups is 1. The van der Waals surface area contributed by atoms with Gasteiger partial charge in [0.25, 0.3) is 0 Å². The van der Waals surface area contributed by atoms with Crippen molar-refractivity contribution in [2.24, 2.45) is 5.10 Å². The Bertz CT molecular complexity index is 1040. The van der Waals surface area contributed by atoms with E-state index >= 15 is 0 Å². The number of amides is 2. The smallest absolute Gasteiger partial charge is 0.321 e. The molecule has 0 bridgehead atoms. The van der Waals surface area contributed by atoms with Crippen LogP contribution in [0.3, 0.4) is 0 Å². The molecule has 2 aromatic rings. The van der Waals surface area contributed by atoms with Crippen molar-refractivity contribution in [3.8, 4) is 0 Å². The van der Waals surface area contributed by atoms with Crippen molar-refractivity contribution in [2.45, 2.75) is 31.4 Å². The molecule has 0 aliphatic heterocycles. The van der Waals surface area contributed by atoms with Gasteiger partial charge in [-0.15, -0.1) is 0 Å². The molecule has 2 N–H and O–H groups in total. The van der Waals surface area contributed by atoms with Crippen molar-refractivity contribution in [1.82, 2.24) is 5.43 Å². The molecule has 0 heterocycles. The number of nitrogens with zero attached hydrogens (tertiary/aromatic N) is 1. The lowest BCUT2D eigenvalue weighted by Crippen LogP contribution is -2.57. The Labute approximate surface area is 187 Å². The lowest BCUT2D eigenvalue weighted by molar-refractivity contribution is -0.343. The quantitative estimate of drug-likeness (QED) is 0.314. The number of benzene rings is 2. The van der Waals surface area contributed by atoms with Gasteiger partial charge in [0.1, 0.15) is 0 Å². The van der Waals surface area contributed by atoms with Gasteiger partial charge in [0.15, 0.2) is 0 Å². The van der Waals surface area contributed by atoms with E-state index in [9.17, 15) is 40.3 Å². The molecule has 0 aliphatic carbocycles. The Morgan fingerprint density at radius 2 is 1.45 bits per heavy atom. The van der Waals surface area contributed by atoms with Gasteiger partial charge >= 0.3 is 23.9 Å². The SMILES string of the molecule is C/C(=N\NC(=O)Cc1ccc(Cl)cc1)c1ccc(NC(=O)C(F)(F)C(F)(F)C(F)(F)F)cc1. The molecule has 0 saturated carbocycles.